The number of rotatable bonds is 12. The Bertz CT molecular complexity index is 1520. The average Bonchev–Trinajstić information content (AvgIpc) is 3.03. The Hall–Kier alpha value is -2.26. The summed E-state index contributed by atoms with van der Waals surface area (Å²) in [5, 5.41) is 0. The molecule has 2 aliphatic carbocycles. The van der Waals surface area contributed by atoms with E-state index in [4.69, 9.17) is 23.1 Å². The number of allylic oxidation sites excluding steroid dienone is 2. The van der Waals surface area contributed by atoms with Crippen LogP contribution in [-0.4, -0.2) is 59.5 Å². The summed E-state index contributed by atoms with van der Waals surface area (Å²) < 4.78 is 71.5. The summed E-state index contributed by atoms with van der Waals surface area (Å²) in [4.78, 5) is 27.6. The third kappa shape index (κ3) is 10.6. The van der Waals surface area contributed by atoms with Crippen molar-refractivity contribution in [1.29, 1.82) is 0 Å². The SMILES string of the molecule is C[C@H]1C=CC2=C[C@@H](C(C)(C)C)C[C@H](OC(=O)C(C)(C)OCc3ccc(C(F)(F)F)cc3)[C@@H]2[C@@]1(CC[C@@H]1C[C@H](C(C)(C)C)C(O[Si](C)C)C(=O)O1)O[Si](C)C. The number of ether oxygens (including phenoxy) is 3. The summed E-state index contributed by atoms with van der Waals surface area (Å²) in [6.45, 7) is 26.7. The zero-order valence-electron chi connectivity index (χ0n) is 34.6. The average molecular weight is 793 g/mol. The van der Waals surface area contributed by atoms with Crippen molar-refractivity contribution in [1.82, 2.24) is 0 Å². The Kier molecular flexibility index (Phi) is 13.7. The van der Waals surface area contributed by atoms with Gasteiger partial charge in [0.25, 0.3) is 0 Å². The lowest BCUT2D eigenvalue weighted by molar-refractivity contribution is -0.187. The van der Waals surface area contributed by atoms with Crippen LogP contribution in [0.4, 0.5) is 13.2 Å². The number of hydrogen-bond acceptors (Lipinski definition) is 7. The molecule has 54 heavy (non-hydrogen) atoms. The van der Waals surface area contributed by atoms with E-state index in [0.717, 1.165) is 17.7 Å². The predicted molar refractivity (Wildman–Crippen MR) is 208 cm³/mol. The molecule has 0 spiro atoms. The molecule has 12 heteroatoms. The molecule has 2 radical (unpaired) electrons. The van der Waals surface area contributed by atoms with Gasteiger partial charge in [-0.3, -0.25) is 0 Å². The number of carbonyl (C=O) groups excluding carboxylic acids is 2. The molecule has 302 valence electrons. The van der Waals surface area contributed by atoms with Gasteiger partial charge in [-0.15, -0.1) is 0 Å². The van der Waals surface area contributed by atoms with Gasteiger partial charge in [0.2, 0.25) is 18.1 Å². The Morgan fingerprint density at radius 3 is 2.09 bits per heavy atom. The van der Waals surface area contributed by atoms with Crippen molar-refractivity contribution in [2.24, 2.45) is 34.5 Å². The normalized spacial score (nSPS) is 29.6. The largest absolute Gasteiger partial charge is 0.460 e. The van der Waals surface area contributed by atoms with Crippen LogP contribution in [0.15, 0.2) is 48.1 Å². The molecule has 7 nitrogen and oxygen atoms in total. The van der Waals surface area contributed by atoms with Gasteiger partial charge in [0.05, 0.1) is 17.8 Å². The predicted octanol–water partition coefficient (Wildman–Crippen LogP) is 10.1. The first-order chi connectivity index (χ1) is 24.7. The standard InChI is InChI=1S/C42H63F3O7Si2/c1-26-14-17-28-22-30(38(2,3)4)23-33(50-37(47)40(8,9)48-25-27-15-18-29(19-16-27)42(43,44)45)34(28)41(26,52-54(12)13)21-20-31-24-32(39(5,6)7)35(36(46)49-31)51-53(10)11/h14-19,22,26,30-35H,20-21,23-25H2,1-13H3/t26-,30+,31+,32-,33-,34+,35?,41-/m0/s1. The fraction of sp³-hybridized carbons (Fsp3) is 0.714. The first kappa shape index (κ1) is 44.5. The summed E-state index contributed by atoms with van der Waals surface area (Å²) in [6.07, 6.45) is 3.26. The number of benzene rings is 1. The molecule has 1 aliphatic heterocycles. The van der Waals surface area contributed by atoms with Gasteiger partial charge in [-0.25, -0.2) is 9.59 Å². The van der Waals surface area contributed by atoms with Crippen molar-refractivity contribution >= 4 is 30.0 Å². The summed E-state index contributed by atoms with van der Waals surface area (Å²) in [5.74, 6) is -1.06. The van der Waals surface area contributed by atoms with E-state index in [-0.39, 0.29) is 53.2 Å². The third-order valence-corrected chi connectivity index (χ3v) is 12.9. The number of halogens is 3. The monoisotopic (exact) mass is 792 g/mol. The van der Waals surface area contributed by atoms with Crippen LogP contribution in [0.2, 0.25) is 26.2 Å². The smallest absolute Gasteiger partial charge is 0.416 e. The third-order valence-electron chi connectivity index (χ3n) is 11.4. The van der Waals surface area contributed by atoms with E-state index in [2.05, 4.69) is 79.8 Å². The molecular formula is C42H63F3O7Si2. The van der Waals surface area contributed by atoms with Gasteiger partial charge >= 0.3 is 18.1 Å². The molecule has 1 unspecified atom stereocenters. The van der Waals surface area contributed by atoms with Gasteiger partial charge in [-0.05, 0) is 106 Å². The Morgan fingerprint density at radius 1 is 0.926 bits per heavy atom. The van der Waals surface area contributed by atoms with E-state index in [0.29, 0.717) is 31.2 Å². The molecule has 1 fully saturated rings. The number of hydrogen-bond donors (Lipinski definition) is 0. The van der Waals surface area contributed by atoms with Gasteiger partial charge in [0, 0.05) is 17.8 Å². The maximum Gasteiger partial charge on any atom is 0.416 e. The van der Waals surface area contributed by atoms with Crippen LogP contribution in [-0.2, 0) is 45.4 Å². The zero-order valence-corrected chi connectivity index (χ0v) is 36.6. The molecule has 1 heterocycles. The molecule has 0 saturated carbocycles. The number of carbonyl (C=O) groups is 2. The van der Waals surface area contributed by atoms with E-state index in [1.165, 1.54) is 12.1 Å². The minimum Gasteiger partial charge on any atom is -0.460 e. The highest BCUT2D eigenvalue weighted by Gasteiger charge is 2.55. The first-order valence-corrected chi connectivity index (χ1v) is 24.1. The van der Waals surface area contributed by atoms with E-state index in [1.807, 2.05) is 13.1 Å². The van der Waals surface area contributed by atoms with E-state index >= 15 is 0 Å². The molecule has 0 aromatic heterocycles. The van der Waals surface area contributed by atoms with Crippen LogP contribution in [0.5, 0.6) is 0 Å². The van der Waals surface area contributed by atoms with Crippen molar-refractivity contribution in [3.8, 4) is 0 Å². The van der Waals surface area contributed by atoms with Crippen LogP contribution < -0.4 is 0 Å². The van der Waals surface area contributed by atoms with Crippen LogP contribution >= 0.6 is 0 Å². The number of esters is 2. The second-order valence-electron chi connectivity index (χ2n) is 18.7. The molecule has 1 aromatic rings. The van der Waals surface area contributed by atoms with Crippen molar-refractivity contribution in [2.45, 2.75) is 156 Å². The first-order valence-electron chi connectivity index (χ1n) is 19.3. The Morgan fingerprint density at radius 2 is 1.56 bits per heavy atom. The van der Waals surface area contributed by atoms with Gasteiger partial charge < -0.3 is 23.1 Å². The van der Waals surface area contributed by atoms with Gasteiger partial charge in [-0.1, -0.05) is 78.8 Å². The van der Waals surface area contributed by atoms with Crippen LogP contribution in [0.1, 0.15) is 99.1 Å². The number of alkyl halides is 3. The van der Waals surface area contributed by atoms with Crippen LogP contribution in [0.3, 0.4) is 0 Å². The molecule has 8 atom stereocenters. The maximum absolute atomic E-state index is 14.1. The second kappa shape index (κ2) is 16.7. The van der Waals surface area contributed by atoms with Crippen molar-refractivity contribution in [3.05, 3.63) is 59.2 Å². The number of fused-ring (bicyclic) bond motifs is 1. The van der Waals surface area contributed by atoms with Gasteiger partial charge in [0.15, 0.2) is 5.60 Å². The fourth-order valence-electron chi connectivity index (χ4n) is 8.15. The van der Waals surface area contributed by atoms with Crippen molar-refractivity contribution in [3.63, 3.8) is 0 Å². The molecule has 4 rings (SSSR count). The minimum atomic E-state index is -4.44. The van der Waals surface area contributed by atoms with E-state index < -0.39 is 59.2 Å². The molecule has 1 saturated heterocycles. The highest BCUT2D eigenvalue weighted by Crippen LogP contribution is 2.53. The second-order valence-corrected chi connectivity index (χ2v) is 22.7. The van der Waals surface area contributed by atoms with Crippen LogP contribution in [0, 0.1) is 34.5 Å². The molecule has 0 amide bonds. The number of cyclic esters (lactones) is 1. The molecular weight excluding hydrogens is 730 g/mol. The Balaban J connectivity index is 1.64. The molecule has 0 N–H and O–H groups in total. The van der Waals surface area contributed by atoms with Gasteiger partial charge in [0.1, 0.15) is 18.3 Å². The summed E-state index contributed by atoms with van der Waals surface area (Å²) in [6, 6.07) is 4.74. The van der Waals surface area contributed by atoms with Crippen LogP contribution in [0.25, 0.3) is 0 Å². The zero-order chi connectivity index (χ0) is 40.6. The Labute approximate surface area is 325 Å². The summed E-state index contributed by atoms with van der Waals surface area (Å²) >= 11 is 0. The van der Waals surface area contributed by atoms with Gasteiger partial charge in [-0.2, -0.15) is 13.2 Å². The quantitative estimate of drug-likeness (QED) is 0.154. The van der Waals surface area contributed by atoms with E-state index in [1.54, 1.807) is 13.8 Å². The fourth-order valence-corrected chi connectivity index (χ4v) is 10.1. The highest BCUT2D eigenvalue weighted by atomic mass is 28.3. The maximum atomic E-state index is 14.1. The minimum absolute atomic E-state index is 0.00245. The summed E-state index contributed by atoms with van der Waals surface area (Å²) in [7, 11) is -2.42. The van der Waals surface area contributed by atoms with Crippen molar-refractivity contribution < 1.29 is 45.8 Å². The van der Waals surface area contributed by atoms with E-state index in [9.17, 15) is 22.8 Å². The molecule has 0 bridgehead atoms. The topological polar surface area (TPSA) is 80.3 Å². The highest BCUT2D eigenvalue weighted by molar-refractivity contribution is 6.49. The lowest BCUT2D eigenvalue weighted by atomic mass is 9.59. The molecule has 3 aliphatic rings. The summed E-state index contributed by atoms with van der Waals surface area (Å²) in [5.41, 5.74) is -1.56. The lowest BCUT2D eigenvalue weighted by Crippen LogP contribution is -2.58. The lowest BCUT2D eigenvalue weighted by Gasteiger charge is -2.54. The van der Waals surface area contributed by atoms with Crippen molar-refractivity contribution in [2.75, 3.05) is 0 Å². The molecule has 1 aromatic carbocycles.